The smallest absolute Gasteiger partial charge is 0.251 e. The zero-order valence-electron chi connectivity index (χ0n) is 12.5. The third-order valence-corrected chi connectivity index (χ3v) is 3.45. The molecule has 0 spiro atoms. The highest BCUT2D eigenvalue weighted by Crippen LogP contribution is 2.10. The second-order valence-electron chi connectivity index (χ2n) is 5.28. The van der Waals surface area contributed by atoms with Gasteiger partial charge in [0.1, 0.15) is 5.75 Å². The summed E-state index contributed by atoms with van der Waals surface area (Å²) in [5, 5.41) is 12.1. The molecule has 0 radical (unpaired) electrons. The molecular formula is C17H27NO2. The van der Waals surface area contributed by atoms with Gasteiger partial charge in [0.15, 0.2) is 0 Å². The summed E-state index contributed by atoms with van der Waals surface area (Å²) >= 11 is 0. The Bertz CT molecular complexity index is 373. The first-order chi connectivity index (χ1) is 9.74. The van der Waals surface area contributed by atoms with Crippen molar-refractivity contribution in [1.82, 2.24) is 5.32 Å². The van der Waals surface area contributed by atoms with E-state index in [4.69, 9.17) is 5.11 Å². The van der Waals surface area contributed by atoms with E-state index in [0.717, 1.165) is 13.0 Å². The van der Waals surface area contributed by atoms with Crippen LogP contribution in [0, 0.1) is 0 Å². The van der Waals surface area contributed by atoms with Gasteiger partial charge in [-0.25, -0.2) is 0 Å². The fourth-order valence-corrected chi connectivity index (χ4v) is 2.18. The van der Waals surface area contributed by atoms with Crippen molar-refractivity contribution < 1.29 is 9.90 Å². The molecule has 0 atom stereocenters. The normalized spacial score (nSPS) is 10.4. The highest BCUT2D eigenvalue weighted by atomic mass is 16.3. The second-order valence-corrected chi connectivity index (χ2v) is 5.28. The number of hydrogen-bond donors (Lipinski definition) is 2. The van der Waals surface area contributed by atoms with Crippen molar-refractivity contribution in [2.45, 2.75) is 58.3 Å². The predicted octanol–water partition coefficient (Wildman–Crippen LogP) is 4.26. The van der Waals surface area contributed by atoms with E-state index in [0.29, 0.717) is 5.56 Å². The van der Waals surface area contributed by atoms with Crippen molar-refractivity contribution in [2.75, 3.05) is 6.54 Å². The molecule has 0 saturated heterocycles. The molecule has 20 heavy (non-hydrogen) atoms. The highest BCUT2D eigenvalue weighted by Gasteiger charge is 2.03. The van der Waals surface area contributed by atoms with Crippen LogP contribution in [-0.2, 0) is 0 Å². The largest absolute Gasteiger partial charge is 0.508 e. The van der Waals surface area contributed by atoms with Crippen molar-refractivity contribution >= 4 is 5.91 Å². The van der Waals surface area contributed by atoms with E-state index in [1.165, 1.54) is 57.1 Å². The number of unbranched alkanes of at least 4 members (excludes halogenated alkanes) is 7. The molecule has 0 aliphatic heterocycles. The van der Waals surface area contributed by atoms with Gasteiger partial charge in [-0.15, -0.1) is 0 Å². The van der Waals surface area contributed by atoms with Gasteiger partial charge in [0.2, 0.25) is 0 Å². The van der Waals surface area contributed by atoms with E-state index < -0.39 is 0 Å². The van der Waals surface area contributed by atoms with Crippen molar-refractivity contribution in [1.29, 1.82) is 0 Å². The SMILES string of the molecule is CCCCCCCCCCNC(=O)c1ccc(O)cc1. The lowest BCUT2D eigenvalue weighted by Gasteiger charge is -2.05. The Hall–Kier alpha value is -1.51. The van der Waals surface area contributed by atoms with Gasteiger partial charge in [0, 0.05) is 12.1 Å². The highest BCUT2D eigenvalue weighted by molar-refractivity contribution is 5.94. The summed E-state index contributed by atoms with van der Waals surface area (Å²) in [4.78, 5) is 11.8. The van der Waals surface area contributed by atoms with Crippen molar-refractivity contribution in [3.8, 4) is 5.75 Å². The van der Waals surface area contributed by atoms with Crippen LogP contribution in [0.1, 0.15) is 68.6 Å². The monoisotopic (exact) mass is 277 g/mol. The van der Waals surface area contributed by atoms with Gasteiger partial charge in [-0.3, -0.25) is 4.79 Å². The number of carbonyl (C=O) groups excluding carboxylic acids is 1. The first-order valence-corrected chi connectivity index (χ1v) is 7.81. The number of phenols is 1. The third-order valence-electron chi connectivity index (χ3n) is 3.45. The molecule has 1 aromatic carbocycles. The van der Waals surface area contributed by atoms with Crippen LogP contribution in [-0.4, -0.2) is 17.6 Å². The number of hydrogen-bond acceptors (Lipinski definition) is 2. The number of rotatable bonds is 10. The van der Waals surface area contributed by atoms with E-state index >= 15 is 0 Å². The lowest BCUT2D eigenvalue weighted by atomic mass is 10.1. The number of amides is 1. The van der Waals surface area contributed by atoms with Crippen LogP contribution in [0.15, 0.2) is 24.3 Å². The van der Waals surface area contributed by atoms with Gasteiger partial charge in [-0.1, -0.05) is 51.9 Å². The van der Waals surface area contributed by atoms with Gasteiger partial charge in [0.25, 0.3) is 5.91 Å². The van der Waals surface area contributed by atoms with Crippen LogP contribution in [0.3, 0.4) is 0 Å². The third kappa shape index (κ3) is 7.17. The topological polar surface area (TPSA) is 49.3 Å². The average Bonchev–Trinajstić information content (AvgIpc) is 2.46. The number of benzene rings is 1. The minimum Gasteiger partial charge on any atom is -0.508 e. The minimum absolute atomic E-state index is 0.0621. The Balaban J connectivity index is 2.01. The Morgan fingerprint density at radius 1 is 0.950 bits per heavy atom. The summed E-state index contributed by atoms with van der Waals surface area (Å²) in [6.07, 6.45) is 10.1. The molecule has 0 heterocycles. The van der Waals surface area contributed by atoms with Crippen LogP contribution in [0.4, 0.5) is 0 Å². The molecule has 3 heteroatoms. The van der Waals surface area contributed by atoms with Gasteiger partial charge >= 0.3 is 0 Å². The lowest BCUT2D eigenvalue weighted by Crippen LogP contribution is -2.24. The first kappa shape index (κ1) is 16.5. The Kier molecular flexibility index (Phi) is 8.52. The Morgan fingerprint density at radius 3 is 2.10 bits per heavy atom. The van der Waals surface area contributed by atoms with E-state index in [2.05, 4.69) is 12.2 Å². The molecule has 0 saturated carbocycles. The fourth-order valence-electron chi connectivity index (χ4n) is 2.18. The van der Waals surface area contributed by atoms with Crippen LogP contribution in [0.25, 0.3) is 0 Å². The maximum Gasteiger partial charge on any atom is 0.251 e. The van der Waals surface area contributed by atoms with Crippen molar-refractivity contribution in [2.24, 2.45) is 0 Å². The maximum absolute atomic E-state index is 11.8. The van der Waals surface area contributed by atoms with Crippen molar-refractivity contribution in [3.05, 3.63) is 29.8 Å². The molecule has 0 aliphatic rings. The number of phenolic OH excluding ortho intramolecular Hbond substituents is 1. The van der Waals surface area contributed by atoms with E-state index in [1.54, 1.807) is 12.1 Å². The van der Waals surface area contributed by atoms with Gasteiger partial charge in [-0.05, 0) is 30.7 Å². The summed E-state index contributed by atoms with van der Waals surface area (Å²) in [6.45, 7) is 2.96. The van der Waals surface area contributed by atoms with Crippen LogP contribution < -0.4 is 5.32 Å². The number of aromatic hydroxyl groups is 1. The van der Waals surface area contributed by atoms with Gasteiger partial charge in [-0.2, -0.15) is 0 Å². The maximum atomic E-state index is 11.8. The summed E-state index contributed by atoms with van der Waals surface area (Å²) in [5.41, 5.74) is 0.599. The van der Waals surface area contributed by atoms with Crippen LogP contribution in [0.5, 0.6) is 5.75 Å². The summed E-state index contributed by atoms with van der Waals surface area (Å²) in [7, 11) is 0. The second kappa shape index (κ2) is 10.3. The average molecular weight is 277 g/mol. The predicted molar refractivity (Wildman–Crippen MR) is 83.1 cm³/mol. The zero-order chi connectivity index (χ0) is 14.6. The molecule has 3 nitrogen and oxygen atoms in total. The molecular weight excluding hydrogens is 250 g/mol. The number of nitrogens with one attached hydrogen (secondary N) is 1. The van der Waals surface area contributed by atoms with E-state index in [-0.39, 0.29) is 11.7 Å². The molecule has 0 unspecified atom stereocenters. The summed E-state index contributed by atoms with van der Waals surface area (Å²) in [6, 6.07) is 6.34. The fraction of sp³-hybridized carbons (Fsp3) is 0.588. The standard InChI is InChI=1S/C17H27NO2/c1-2-3-4-5-6-7-8-9-14-18-17(20)15-10-12-16(19)13-11-15/h10-13,19H,2-9,14H2,1H3,(H,18,20). The van der Waals surface area contributed by atoms with Crippen LogP contribution >= 0.6 is 0 Å². The zero-order valence-corrected chi connectivity index (χ0v) is 12.5. The van der Waals surface area contributed by atoms with Crippen LogP contribution in [0.2, 0.25) is 0 Å². The Labute approximate surface area is 122 Å². The van der Waals surface area contributed by atoms with Gasteiger partial charge in [0.05, 0.1) is 0 Å². The molecule has 0 fully saturated rings. The molecule has 112 valence electrons. The quantitative estimate of drug-likeness (QED) is 0.628. The van der Waals surface area contributed by atoms with Crippen molar-refractivity contribution in [3.63, 3.8) is 0 Å². The molecule has 1 amide bonds. The molecule has 1 rings (SSSR count). The number of carbonyl (C=O) groups is 1. The summed E-state index contributed by atoms with van der Waals surface area (Å²) < 4.78 is 0. The Morgan fingerprint density at radius 2 is 1.50 bits per heavy atom. The molecule has 0 aromatic heterocycles. The summed E-state index contributed by atoms with van der Waals surface area (Å²) in [5.74, 6) is 0.123. The van der Waals surface area contributed by atoms with Gasteiger partial charge < -0.3 is 10.4 Å². The molecule has 1 aromatic rings. The molecule has 0 aliphatic carbocycles. The first-order valence-electron chi connectivity index (χ1n) is 7.81. The van der Waals surface area contributed by atoms with E-state index in [1.807, 2.05) is 0 Å². The molecule has 0 bridgehead atoms. The molecule has 2 N–H and O–H groups in total. The lowest BCUT2D eigenvalue weighted by molar-refractivity contribution is 0.0953. The van der Waals surface area contributed by atoms with E-state index in [9.17, 15) is 4.79 Å². The minimum atomic E-state index is -0.0621.